The van der Waals surface area contributed by atoms with Crippen LogP contribution in [-0.4, -0.2) is 6.04 Å². The highest BCUT2D eigenvalue weighted by molar-refractivity contribution is 7.26. The number of fused-ring (bicyclic) bond motifs is 6. The van der Waals surface area contributed by atoms with Gasteiger partial charge in [0.25, 0.3) is 0 Å². The Bertz CT molecular complexity index is 2210. The van der Waals surface area contributed by atoms with Crippen LogP contribution < -0.4 is 4.90 Å². The van der Waals surface area contributed by atoms with Gasteiger partial charge in [-0.2, -0.15) is 0 Å². The first-order valence-electron chi connectivity index (χ1n) is 17.1. The summed E-state index contributed by atoms with van der Waals surface area (Å²) in [6.45, 7) is 4.83. The van der Waals surface area contributed by atoms with E-state index >= 15 is 0 Å². The van der Waals surface area contributed by atoms with Crippen molar-refractivity contribution in [2.45, 2.75) is 56.9 Å². The molecular weight excluding hydrogens is 587 g/mol. The van der Waals surface area contributed by atoms with Crippen molar-refractivity contribution in [3.8, 4) is 0 Å². The molecule has 230 valence electrons. The first-order chi connectivity index (χ1) is 23.1. The topological polar surface area (TPSA) is 3.24 Å². The van der Waals surface area contributed by atoms with Crippen molar-refractivity contribution in [1.29, 1.82) is 0 Å². The van der Waals surface area contributed by atoms with E-state index in [-0.39, 0.29) is 11.5 Å². The molecule has 0 aliphatic heterocycles. The maximum Gasteiger partial charge on any atom is 0.0566 e. The monoisotopic (exact) mass is 625 g/mol. The molecule has 0 amide bonds. The molecule has 0 radical (unpaired) electrons. The van der Waals surface area contributed by atoms with Gasteiger partial charge in [-0.3, -0.25) is 0 Å². The molecular formula is C45H39NS. The van der Waals surface area contributed by atoms with Gasteiger partial charge >= 0.3 is 0 Å². The fraction of sp³-hybridized carbons (Fsp3) is 0.200. The van der Waals surface area contributed by atoms with Gasteiger partial charge in [0.1, 0.15) is 0 Å². The first-order valence-corrected chi connectivity index (χ1v) is 17.9. The van der Waals surface area contributed by atoms with Crippen LogP contribution in [-0.2, 0) is 5.41 Å². The lowest BCUT2D eigenvalue weighted by atomic mass is 9.79. The van der Waals surface area contributed by atoms with Gasteiger partial charge in [0.15, 0.2) is 0 Å². The van der Waals surface area contributed by atoms with Crippen molar-refractivity contribution in [2.75, 3.05) is 4.90 Å². The first kappa shape index (κ1) is 28.6. The minimum absolute atomic E-state index is 0.0158. The zero-order valence-electron chi connectivity index (χ0n) is 27.1. The summed E-state index contributed by atoms with van der Waals surface area (Å²) in [5.74, 6) is 0.412. The highest BCUT2D eigenvalue weighted by Crippen LogP contribution is 2.55. The van der Waals surface area contributed by atoms with E-state index in [1.54, 1.807) is 0 Å². The van der Waals surface area contributed by atoms with Gasteiger partial charge in [-0.15, -0.1) is 11.3 Å². The Balaban J connectivity index is 1.12. The zero-order valence-corrected chi connectivity index (χ0v) is 27.9. The summed E-state index contributed by atoms with van der Waals surface area (Å²) in [6.07, 6.45) is 23.2. The largest absolute Gasteiger partial charge is 0.334 e. The van der Waals surface area contributed by atoms with Crippen LogP contribution in [0, 0.1) is 0 Å². The van der Waals surface area contributed by atoms with Gasteiger partial charge in [-0.1, -0.05) is 129 Å². The van der Waals surface area contributed by atoms with Gasteiger partial charge in [-0.05, 0) is 88.9 Å². The molecule has 1 heterocycles. The van der Waals surface area contributed by atoms with Gasteiger partial charge in [-0.25, -0.2) is 0 Å². The van der Waals surface area contributed by atoms with Crippen LogP contribution in [0.2, 0.25) is 0 Å². The van der Waals surface area contributed by atoms with E-state index in [1.807, 2.05) is 11.3 Å². The number of hydrogen-bond acceptors (Lipinski definition) is 2. The molecule has 47 heavy (non-hydrogen) atoms. The molecule has 0 N–H and O–H groups in total. The predicted octanol–water partition coefficient (Wildman–Crippen LogP) is 12.3. The molecule has 0 spiro atoms. The van der Waals surface area contributed by atoms with Crippen molar-refractivity contribution >= 4 is 48.3 Å². The number of hydrogen-bond donors (Lipinski definition) is 0. The Morgan fingerprint density at radius 2 is 1.64 bits per heavy atom. The number of nitrogens with zero attached hydrogens (tertiary/aromatic N) is 1. The van der Waals surface area contributed by atoms with E-state index in [2.05, 4.69) is 158 Å². The molecule has 1 aromatic heterocycles. The summed E-state index contributed by atoms with van der Waals surface area (Å²) in [4.78, 5) is 2.60. The van der Waals surface area contributed by atoms with E-state index in [9.17, 15) is 0 Å². The number of thiophene rings is 1. The van der Waals surface area contributed by atoms with Crippen molar-refractivity contribution in [3.05, 3.63) is 173 Å². The molecule has 4 aromatic carbocycles. The zero-order chi connectivity index (χ0) is 31.5. The maximum atomic E-state index is 2.60. The Morgan fingerprint density at radius 1 is 0.809 bits per heavy atom. The van der Waals surface area contributed by atoms with Crippen molar-refractivity contribution in [1.82, 2.24) is 0 Å². The van der Waals surface area contributed by atoms with Crippen LogP contribution in [0.15, 0.2) is 151 Å². The van der Waals surface area contributed by atoms with Gasteiger partial charge in [0.05, 0.1) is 6.04 Å². The van der Waals surface area contributed by atoms with E-state index in [4.69, 9.17) is 0 Å². The van der Waals surface area contributed by atoms with Crippen LogP contribution in [0.1, 0.15) is 67.7 Å². The average molecular weight is 626 g/mol. The molecule has 4 aliphatic carbocycles. The summed E-state index contributed by atoms with van der Waals surface area (Å²) < 4.78 is 2.82. The van der Waals surface area contributed by atoms with E-state index in [0.717, 1.165) is 25.7 Å². The second-order valence-electron chi connectivity index (χ2n) is 13.9. The summed E-state index contributed by atoms with van der Waals surface area (Å²) >= 11 is 1.97. The molecule has 0 bridgehead atoms. The summed E-state index contributed by atoms with van der Waals surface area (Å²) in [5, 5.41) is 2.77. The predicted molar refractivity (Wildman–Crippen MR) is 203 cm³/mol. The Kier molecular flexibility index (Phi) is 6.83. The molecule has 0 saturated carbocycles. The van der Waals surface area contributed by atoms with Crippen molar-refractivity contribution in [3.63, 3.8) is 0 Å². The number of anilines is 1. The van der Waals surface area contributed by atoms with E-state index < -0.39 is 0 Å². The molecule has 2 atom stereocenters. The molecule has 2 unspecified atom stereocenters. The van der Waals surface area contributed by atoms with Gasteiger partial charge < -0.3 is 4.90 Å². The second kappa shape index (κ2) is 11.2. The second-order valence-corrected chi connectivity index (χ2v) is 15.0. The lowest BCUT2D eigenvalue weighted by Crippen LogP contribution is -2.35. The number of allylic oxidation sites excluding steroid dienone is 9. The van der Waals surface area contributed by atoms with Gasteiger partial charge in [0.2, 0.25) is 0 Å². The van der Waals surface area contributed by atoms with Crippen LogP contribution in [0.4, 0.5) is 5.69 Å². The highest BCUT2D eigenvalue weighted by Gasteiger charge is 2.41. The molecule has 5 aromatic rings. The van der Waals surface area contributed by atoms with E-state index in [0.29, 0.717) is 5.92 Å². The molecule has 0 fully saturated rings. The lowest BCUT2D eigenvalue weighted by Gasteiger charge is -2.37. The van der Waals surface area contributed by atoms with Gasteiger partial charge in [0, 0.05) is 42.9 Å². The third-order valence-electron chi connectivity index (χ3n) is 10.9. The maximum absolute atomic E-state index is 2.60. The quantitative estimate of drug-likeness (QED) is 0.188. The minimum Gasteiger partial charge on any atom is -0.334 e. The van der Waals surface area contributed by atoms with E-state index in [1.165, 1.54) is 70.5 Å². The summed E-state index contributed by atoms with van der Waals surface area (Å²) in [7, 11) is 0. The standard InChI is InChI=1S/C45H39NS/c1-45(2)40-27-25-36(29-39(40)43-41(45)28-26-38-37-15-9-10-16-42(37)47-44(38)43)46(34-21-17-32(18-22-34)30-11-5-3-6-12-30)35-23-19-33(20-24-35)31-13-7-4-8-14-31/h3-7,9-13,15-17,19-28,32,36H,8,14,18,29H2,1-2H3. The number of benzene rings is 4. The molecule has 9 rings (SSSR count). The molecule has 2 heteroatoms. The van der Waals surface area contributed by atoms with Crippen LogP contribution in [0.3, 0.4) is 0 Å². The smallest absolute Gasteiger partial charge is 0.0566 e. The Labute approximate surface area is 282 Å². The van der Waals surface area contributed by atoms with Crippen molar-refractivity contribution < 1.29 is 0 Å². The summed E-state index contributed by atoms with van der Waals surface area (Å²) in [5.41, 5.74) is 12.6. The Morgan fingerprint density at radius 3 is 2.43 bits per heavy atom. The van der Waals surface area contributed by atoms with Crippen LogP contribution in [0.25, 0.3) is 31.3 Å². The third kappa shape index (κ3) is 4.73. The molecule has 4 aliphatic rings. The minimum atomic E-state index is -0.0158. The number of rotatable bonds is 5. The average Bonchev–Trinajstić information content (AvgIpc) is 3.62. The highest BCUT2D eigenvalue weighted by atomic mass is 32.1. The lowest BCUT2D eigenvalue weighted by molar-refractivity contribution is 0.647. The fourth-order valence-electron chi connectivity index (χ4n) is 8.40. The molecule has 0 saturated heterocycles. The molecule has 1 nitrogen and oxygen atoms in total. The SMILES string of the molecule is CC1(C)C2=C(CC(N(C3=CCC(c4ccccc4)C=C3)c3ccc(C4=CC=CCC4)cc3)C=C2)c2c1ccc1c2sc2ccccc21. The van der Waals surface area contributed by atoms with Crippen LogP contribution >= 0.6 is 11.3 Å². The van der Waals surface area contributed by atoms with Crippen molar-refractivity contribution in [2.24, 2.45) is 0 Å². The Hall–Kier alpha value is -4.66. The fourth-order valence-corrected chi connectivity index (χ4v) is 9.67. The summed E-state index contributed by atoms with van der Waals surface area (Å²) in [6, 6.07) is 34.2. The normalized spacial score (nSPS) is 21.1. The third-order valence-corrected chi connectivity index (χ3v) is 12.1. The van der Waals surface area contributed by atoms with Crippen LogP contribution in [0.5, 0.6) is 0 Å².